The van der Waals surface area contributed by atoms with Gasteiger partial charge in [-0.15, -0.1) is 0 Å². The maximum atomic E-state index is 11.4. The van der Waals surface area contributed by atoms with Gasteiger partial charge in [-0.25, -0.2) is 4.98 Å². The summed E-state index contributed by atoms with van der Waals surface area (Å²) in [6.45, 7) is 0. The highest BCUT2D eigenvalue weighted by Crippen LogP contribution is 2.35. The number of ether oxygens (including phenoxy) is 1. The van der Waals surface area contributed by atoms with Crippen LogP contribution in [0.2, 0.25) is 0 Å². The van der Waals surface area contributed by atoms with Crippen molar-refractivity contribution in [3.63, 3.8) is 0 Å². The number of nitrogen functional groups attached to an aromatic ring is 1. The summed E-state index contributed by atoms with van der Waals surface area (Å²) in [6, 6.07) is 11.6. The Bertz CT molecular complexity index is 845. The van der Waals surface area contributed by atoms with Crippen LogP contribution in [0, 0.1) is 0 Å². The molecular formula is C14H10BrN3O2. The number of hydrogen-bond acceptors (Lipinski definition) is 4. The van der Waals surface area contributed by atoms with Crippen LogP contribution >= 0.6 is 15.9 Å². The third kappa shape index (κ3) is 2.14. The second-order valence-electron chi connectivity index (χ2n) is 4.15. The van der Waals surface area contributed by atoms with Gasteiger partial charge in [-0.2, -0.15) is 0 Å². The number of aromatic amines is 1. The molecule has 1 heterocycles. The lowest BCUT2D eigenvalue weighted by Crippen LogP contribution is -2.13. The van der Waals surface area contributed by atoms with E-state index in [1.807, 2.05) is 30.3 Å². The summed E-state index contributed by atoms with van der Waals surface area (Å²) in [6.07, 6.45) is 1.25. The fourth-order valence-corrected chi connectivity index (χ4v) is 2.45. The lowest BCUT2D eigenvalue weighted by Gasteiger charge is -2.10. The van der Waals surface area contributed by atoms with Crippen LogP contribution < -0.4 is 16.0 Å². The van der Waals surface area contributed by atoms with Crippen LogP contribution in [0.15, 0.2) is 52.0 Å². The number of rotatable bonds is 2. The number of anilines is 1. The first-order valence-corrected chi connectivity index (χ1v) is 6.64. The first-order chi connectivity index (χ1) is 9.66. The van der Waals surface area contributed by atoms with Crippen molar-refractivity contribution in [1.82, 2.24) is 9.97 Å². The average Bonchev–Trinajstić information content (AvgIpc) is 2.47. The Morgan fingerprint density at radius 3 is 2.85 bits per heavy atom. The molecule has 0 saturated carbocycles. The van der Waals surface area contributed by atoms with E-state index in [9.17, 15) is 4.79 Å². The first kappa shape index (κ1) is 12.7. The van der Waals surface area contributed by atoms with E-state index in [0.29, 0.717) is 5.75 Å². The van der Waals surface area contributed by atoms with Gasteiger partial charge < -0.3 is 15.5 Å². The Labute approximate surface area is 122 Å². The van der Waals surface area contributed by atoms with E-state index in [-0.39, 0.29) is 11.6 Å². The van der Waals surface area contributed by atoms with E-state index in [4.69, 9.17) is 10.5 Å². The third-order valence-electron chi connectivity index (χ3n) is 2.89. The summed E-state index contributed by atoms with van der Waals surface area (Å²) in [4.78, 5) is 17.7. The fraction of sp³-hybridized carbons (Fsp3) is 0. The maximum absolute atomic E-state index is 11.4. The van der Waals surface area contributed by atoms with Gasteiger partial charge in [0.15, 0.2) is 5.69 Å². The molecule has 3 N–H and O–H groups in total. The zero-order valence-corrected chi connectivity index (χ0v) is 11.8. The SMILES string of the molecule is Nc1c(Oc2ccc3ccccc3c2Br)nc[nH]c1=O. The predicted octanol–water partition coefficient (Wildman–Crippen LogP) is 3.06. The van der Waals surface area contributed by atoms with E-state index in [0.717, 1.165) is 15.2 Å². The van der Waals surface area contributed by atoms with Crippen LogP contribution in [0.1, 0.15) is 0 Å². The number of halogens is 1. The lowest BCUT2D eigenvalue weighted by atomic mass is 10.1. The molecule has 100 valence electrons. The van der Waals surface area contributed by atoms with E-state index < -0.39 is 5.56 Å². The second kappa shape index (κ2) is 4.97. The Kier molecular flexibility index (Phi) is 3.15. The highest BCUT2D eigenvalue weighted by molar-refractivity contribution is 9.10. The molecule has 6 heteroatoms. The van der Waals surface area contributed by atoms with Gasteiger partial charge in [-0.05, 0) is 32.8 Å². The number of fused-ring (bicyclic) bond motifs is 1. The Balaban J connectivity index is 2.09. The Morgan fingerprint density at radius 1 is 1.20 bits per heavy atom. The molecule has 0 fully saturated rings. The topological polar surface area (TPSA) is 81.0 Å². The van der Waals surface area contributed by atoms with Crippen LogP contribution in [0.5, 0.6) is 11.6 Å². The largest absolute Gasteiger partial charge is 0.436 e. The van der Waals surface area contributed by atoms with Gasteiger partial charge in [0.1, 0.15) is 5.75 Å². The molecule has 3 rings (SSSR count). The van der Waals surface area contributed by atoms with Gasteiger partial charge in [0.05, 0.1) is 10.8 Å². The van der Waals surface area contributed by atoms with Gasteiger partial charge in [0.2, 0.25) is 5.88 Å². The van der Waals surface area contributed by atoms with Gasteiger partial charge in [-0.3, -0.25) is 4.79 Å². The van der Waals surface area contributed by atoms with Gasteiger partial charge in [0, 0.05) is 0 Å². The standard InChI is InChI=1S/C14H10BrN3O2/c15-11-9-4-2-1-3-8(9)5-6-10(11)20-14-12(16)13(19)17-7-18-14/h1-7H,16H2,(H,17,18,19). The molecule has 3 aromatic rings. The van der Waals surface area contributed by atoms with Crippen molar-refractivity contribution in [3.05, 3.63) is 57.6 Å². The number of H-pyrrole nitrogens is 1. The molecule has 0 unspecified atom stereocenters. The summed E-state index contributed by atoms with van der Waals surface area (Å²) in [5.74, 6) is 0.637. The van der Waals surface area contributed by atoms with Crippen molar-refractivity contribution < 1.29 is 4.74 Å². The van der Waals surface area contributed by atoms with E-state index in [1.54, 1.807) is 6.07 Å². The van der Waals surface area contributed by atoms with Crippen LogP contribution in [0.3, 0.4) is 0 Å². The Hall–Kier alpha value is -2.34. The van der Waals surface area contributed by atoms with Crippen molar-refractivity contribution in [2.45, 2.75) is 0 Å². The number of nitrogens with zero attached hydrogens (tertiary/aromatic N) is 1. The molecule has 1 aromatic heterocycles. The number of benzene rings is 2. The zero-order chi connectivity index (χ0) is 14.1. The molecule has 0 bridgehead atoms. The molecule has 0 radical (unpaired) electrons. The summed E-state index contributed by atoms with van der Waals surface area (Å²) in [5.41, 5.74) is 5.17. The van der Waals surface area contributed by atoms with Crippen LogP contribution in [-0.2, 0) is 0 Å². The molecule has 0 saturated heterocycles. The molecule has 0 aliphatic rings. The van der Waals surface area contributed by atoms with E-state index in [1.165, 1.54) is 6.33 Å². The molecule has 20 heavy (non-hydrogen) atoms. The minimum absolute atomic E-state index is 0.0486. The zero-order valence-electron chi connectivity index (χ0n) is 10.3. The quantitative estimate of drug-likeness (QED) is 0.756. The monoisotopic (exact) mass is 331 g/mol. The van der Waals surface area contributed by atoms with Gasteiger partial charge in [0.25, 0.3) is 5.56 Å². The van der Waals surface area contributed by atoms with Crippen molar-refractivity contribution >= 4 is 32.4 Å². The molecule has 0 spiro atoms. The summed E-state index contributed by atoms with van der Waals surface area (Å²) in [7, 11) is 0. The fourth-order valence-electron chi connectivity index (χ4n) is 1.87. The second-order valence-corrected chi connectivity index (χ2v) is 4.94. The highest BCUT2D eigenvalue weighted by Gasteiger charge is 2.11. The highest BCUT2D eigenvalue weighted by atomic mass is 79.9. The van der Waals surface area contributed by atoms with Gasteiger partial charge >= 0.3 is 0 Å². The van der Waals surface area contributed by atoms with Crippen LogP contribution in [0.25, 0.3) is 10.8 Å². The molecule has 5 nitrogen and oxygen atoms in total. The molecule has 2 aromatic carbocycles. The molecule has 0 atom stereocenters. The minimum atomic E-state index is -0.424. The minimum Gasteiger partial charge on any atom is -0.436 e. The summed E-state index contributed by atoms with van der Waals surface area (Å²) in [5, 5.41) is 2.09. The summed E-state index contributed by atoms with van der Waals surface area (Å²) < 4.78 is 6.41. The number of aromatic nitrogens is 2. The predicted molar refractivity (Wildman–Crippen MR) is 81.0 cm³/mol. The third-order valence-corrected chi connectivity index (χ3v) is 3.70. The molecular weight excluding hydrogens is 322 g/mol. The average molecular weight is 332 g/mol. The first-order valence-electron chi connectivity index (χ1n) is 5.85. The van der Waals surface area contributed by atoms with Crippen molar-refractivity contribution in [3.8, 4) is 11.6 Å². The lowest BCUT2D eigenvalue weighted by molar-refractivity contribution is 0.461. The summed E-state index contributed by atoms with van der Waals surface area (Å²) >= 11 is 3.50. The molecule has 0 aliphatic heterocycles. The molecule has 0 aliphatic carbocycles. The number of hydrogen-bond donors (Lipinski definition) is 2. The van der Waals surface area contributed by atoms with Crippen molar-refractivity contribution in [2.24, 2.45) is 0 Å². The van der Waals surface area contributed by atoms with Crippen molar-refractivity contribution in [2.75, 3.05) is 5.73 Å². The molecule has 0 amide bonds. The van der Waals surface area contributed by atoms with E-state index >= 15 is 0 Å². The van der Waals surface area contributed by atoms with Crippen LogP contribution in [-0.4, -0.2) is 9.97 Å². The van der Waals surface area contributed by atoms with E-state index in [2.05, 4.69) is 25.9 Å². The Morgan fingerprint density at radius 2 is 2.00 bits per heavy atom. The maximum Gasteiger partial charge on any atom is 0.277 e. The smallest absolute Gasteiger partial charge is 0.277 e. The number of nitrogens with two attached hydrogens (primary N) is 1. The number of nitrogens with one attached hydrogen (secondary N) is 1. The van der Waals surface area contributed by atoms with Gasteiger partial charge in [-0.1, -0.05) is 30.3 Å². The van der Waals surface area contributed by atoms with Crippen molar-refractivity contribution in [1.29, 1.82) is 0 Å². The normalized spacial score (nSPS) is 10.7. The van der Waals surface area contributed by atoms with Crippen LogP contribution in [0.4, 0.5) is 5.69 Å².